The van der Waals surface area contributed by atoms with Crippen molar-refractivity contribution in [3.63, 3.8) is 0 Å². The number of amides is 1. The minimum atomic E-state index is -0.412. The fraction of sp³-hybridized carbons (Fsp3) is 0.304. The number of likely N-dealkylation sites (tertiary alicyclic amines) is 1. The van der Waals surface area contributed by atoms with E-state index in [2.05, 4.69) is 5.16 Å². The molecule has 0 N–H and O–H groups in total. The van der Waals surface area contributed by atoms with Crippen molar-refractivity contribution in [1.82, 2.24) is 10.1 Å². The van der Waals surface area contributed by atoms with E-state index >= 15 is 0 Å². The van der Waals surface area contributed by atoms with Gasteiger partial charge in [-0.3, -0.25) is 4.79 Å². The van der Waals surface area contributed by atoms with Crippen molar-refractivity contribution in [2.75, 3.05) is 13.7 Å². The minimum Gasteiger partial charge on any atom is -0.497 e. The molecular weight excluding hydrogens is 371 g/mol. The minimum absolute atomic E-state index is 0.176. The summed E-state index contributed by atoms with van der Waals surface area (Å²) in [4.78, 5) is 14.9. The number of ether oxygens (including phenoxy) is 1. The number of benzene rings is 2. The van der Waals surface area contributed by atoms with Crippen LogP contribution in [0.15, 0.2) is 59.1 Å². The maximum atomic E-state index is 13.6. The summed E-state index contributed by atoms with van der Waals surface area (Å²) in [6.07, 6.45) is 3.77. The Bertz CT molecular complexity index is 984. The summed E-state index contributed by atoms with van der Waals surface area (Å²) in [5, 5.41) is 4.27. The van der Waals surface area contributed by atoms with Crippen LogP contribution in [0.4, 0.5) is 4.39 Å². The molecule has 0 unspecified atom stereocenters. The Hall–Kier alpha value is -3.15. The van der Waals surface area contributed by atoms with Crippen molar-refractivity contribution < 1.29 is 18.4 Å². The number of hydrogen-bond acceptors (Lipinski definition) is 4. The lowest BCUT2D eigenvalue weighted by atomic mass is 10.0. The maximum Gasteiger partial charge on any atom is 0.254 e. The SMILES string of the molecule is COc1ccc(-c2cc([C@H]3CCCCCN3C(=O)c3cccc(F)c3)no2)cc1. The van der Waals surface area contributed by atoms with Gasteiger partial charge in [0, 0.05) is 23.7 Å². The van der Waals surface area contributed by atoms with Crippen molar-refractivity contribution in [2.45, 2.75) is 31.7 Å². The third-order valence-electron chi connectivity index (χ3n) is 5.33. The Morgan fingerprint density at radius 3 is 2.72 bits per heavy atom. The number of hydrogen-bond donors (Lipinski definition) is 0. The largest absolute Gasteiger partial charge is 0.497 e. The lowest BCUT2D eigenvalue weighted by Crippen LogP contribution is -2.35. The molecule has 1 atom stereocenters. The van der Waals surface area contributed by atoms with E-state index in [1.165, 1.54) is 12.1 Å². The van der Waals surface area contributed by atoms with Crippen LogP contribution in [-0.2, 0) is 0 Å². The molecule has 0 spiro atoms. The van der Waals surface area contributed by atoms with Crippen molar-refractivity contribution in [3.8, 4) is 17.1 Å². The molecule has 2 heterocycles. The van der Waals surface area contributed by atoms with Crippen LogP contribution in [0.25, 0.3) is 11.3 Å². The lowest BCUT2D eigenvalue weighted by molar-refractivity contribution is 0.0673. The van der Waals surface area contributed by atoms with Crippen LogP contribution in [0.5, 0.6) is 5.75 Å². The number of carbonyl (C=O) groups is 1. The quantitative estimate of drug-likeness (QED) is 0.607. The summed E-state index contributed by atoms with van der Waals surface area (Å²) in [7, 11) is 1.62. The first-order chi connectivity index (χ1) is 14.2. The van der Waals surface area contributed by atoms with E-state index in [1.807, 2.05) is 30.3 Å². The molecule has 0 aliphatic carbocycles. The van der Waals surface area contributed by atoms with E-state index in [-0.39, 0.29) is 11.9 Å². The average Bonchev–Trinajstić information content (AvgIpc) is 3.11. The molecule has 1 amide bonds. The Kier molecular flexibility index (Phi) is 5.60. The molecule has 29 heavy (non-hydrogen) atoms. The Morgan fingerprint density at radius 2 is 1.97 bits per heavy atom. The van der Waals surface area contributed by atoms with Crippen LogP contribution in [0.1, 0.15) is 47.8 Å². The van der Waals surface area contributed by atoms with Gasteiger partial charge in [-0.05, 0) is 55.3 Å². The van der Waals surface area contributed by atoms with Gasteiger partial charge in [-0.2, -0.15) is 0 Å². The zero-order chi connectivity index (χ0) is 20.2. The van der Waals surface area contributed by atoms with Crippen LogP contribution in [-0.4, -0.2) is 29.6 Å². The van der Waals surface area contributed by atoms with Gasteiger partial charge in [0.1, 0.15) is 17.3 Å². The first-order valence-corrected chi connectivity index (χ1v) is 9.83. The molecule has 0 radical (unpaired) electrons. The van der Waals surface area contributed by atoms with Crippen LogP contribution >= 0.6 is 0 Å². The van der Waals surface area contributed by atoms with Crippen LogP contribution in [0, 0.1) is 5.82 Å². The fourth-order valence-electron chi connectivity index (χ4n) is 3.78. The van der Waals surface area contributed by atoms with E-state index < -0.39 is 5.82 Å². The molecule has 1 aliphatic rings. The molecule has 6 heteroatoms. The Morgan fingerprint density at radius 1 is 1.14 bits per heavy atom. The number of halogens is 1. The summed E-state index contributed by atoms with van der Waals surface area (Å²) in [6.45, 7) is 0.616. The molecule has 1 aromatic heterocycles. The predicted octanol–water partition coefficient (Wildman–Crippen LogP) is 5.25. The van der Waals surface area contributed by atoms with Gasteiger partial charge in [0.2, 0.25) is 0 Å². The lowest BCUT2D eigenvalue weighted by Gasteiger charge is -2.28. The monoisotopic (exact) mass is 394 g/mol. The smallest absolute Gasteiger partial charge is 0.254 e. The number of nitrogens with zero attached hydrogens (tertiary/aromatic N) is 2. The van der Waals surface area contributed by atoms with Gasteiger partial charge in [0.15, 0.2) is 5.76 Å². The normalized spacial score (nSPS) is 17.0. The van der Waals surface area contributed by atoms with E-state index in [0.29, 0.717) is 17.9 Å². The van der Waals surface area contributed by atoms with Gasteiger partial charge in [-0.25, -0.2) is 4.39 Å². The van der Waals surface area contributed by atoms with Gasteiger partial charge in [-0.15, -0.1) is 0 Å². The predicted molar refractivity (Wildman–Crippen MR) is 107 cm³/mol. The molecule has 0 bridgehead atoms. The van der Waals surface area contributed by atoms with Crippen LogP contribution in [0.2, 0.25) is 0 Å². The fourth-order valence-corrected chi connectivity index (χ4v) is 3.78. The topological polar surface area (TPSA) is 55.6 Å². The van der Waals surface area contributed by atoms with E-state index in [1.54, 1.807) is 24.1 Å². The Balaban J connectivity index is 1.62. The van der Waals surface area contributed by atoms with Crippen molar-refractivity contribution in [3.05, 3.63) is 71.7 Å². The molecule has 4 rings (SSSR count). The highest BCUT2D eigenvalue weighted by atomic mass is 19.1. The molecule has 1 fully saturated rings. The second-order valence-electron chi connectivity index (χ2n) is 7.22. The molecule has 5 nitrogen and oxygen atoms in total. The second kappa shape index (κ2) is 8.47. The molecule has 3 aromatic rings. The highest BCUT2D eigenvalue weighted by Gasteiger charge is 2.30. The number of methoxy groups -OCH3 is 1. The number of aromatic nitrogens is 1. The van der Waals surface area contributed by atoms with Gasteiger partial charge >= 0.3 is 0 Å². The zero-order valence-electron chi connectivity index (χ0n) is 16.3. The second-order valence-corrected chi connectivity index (χ2v) is 7.22. The zero-order valence-corrected chi connectivity index (χ0v) is 16.3. The van der Waals surface area contributed by atoms with Crippen LogP contribution < -0.4 is 4.74 Å². The maximum absolute atomic E-state index is 13.6. The van der Waals surface area contributed by atoms with Crippen molar-refractivity contribution >= 4 is 5.91 Å². The molecule has 2 aromatic carbocycles. The summed E-state index contributed by atoms with van der Waals surface area (Å²) >= 11 is 0. The summed E-state index contributed by atoms with van der Waals surface area (Å²) in [6, 6.07) is 15.1. The highest BCUT2D eigenvalue weighted by molar-refractivity contribution is 5.94. The number of carbonyl (C=O) groups excluding carboxylic acids is 1. The first-order valence-electron chi connectivity index (χ1n) is 9.83. The van der Waals surface area contributed by atoms with Crippen molar-refractivity contribution in [1.29, 1.82) is 0 Å². The van der Waals surface area contributed by atoms with Crippen molar-refractivity contribution in [2.24, 2.45) is 0 Å². The standard InChI is InChI=1S/C23H23FN2O3/c1-28-19-11-9-16(10-12-19)22-15-20(25-29-22)21-8-3-2-4-13-26(21)23(27)17-6-5-7-18(24)14-17/h5-7,9-12,14-15,21H,2-4,8,13H2,1H3/t21-/m1/s1. The van der Waals surface area contributed by atoms with Gasteiger partial charge in [0.05, 0.1) is 13.2 Å². The highest BCUT2D eigenvalue weighted by Crippen LogP contribution is 2.33. The first kappa shape index (κ1) is 19.2. The third-order valence-corrected chi connectivity index (χ3v) is 5.33. The molecule has 1 aliphatic heterocycles. The Labute approximate surface area is 169 Å². The van der Waals surface area contributed by atoms with E-state index in [9.17, 15) is 9.18 Å². The van der Waals surface area contributed by atoms with E-state index in [4.69, 9.17) is 9.26 Å². The summed E-state index contributed by atoms with van der Waals surface area (Å²) in [5.41, 5.74) is 1.97. The average molecular weight is 394 g/mol. The molecule has 1 saturated heterocycles. The van der Waals surface area contributed by atoms with Gasteiger partial charge in [0.25, 0.3) is 5.91 Å². The van der Waals surface area contributed by atoms with Gasteiger partial charge < -0.3 is 14.2 Å². The van der Waals surface area contributed by atoms with Crippen LogP contribution in [0.3, 0.4) is 0 Å². The summed E-state index contributed by atoms with van der Waals surface area (Å²) < 4.78 is 24.4. The molecule has 0 saturated carbocycles. The number of rotatable bonds is 4. The summed E-state index contributed by atoms with van der Waals surface area (Å²) in [5.74, 6) is 0.824. The molecular formula is C23H23FN2O3. The molecule has 150 valence electrons. The third kappa shape index (κ3) is 4.16. The van der Waals surface area contributed by atoms with E-state index in [0.717, 1.165) is 42.7 Å². The van der Waals surface area contributed by atoms with Gasteiger partial charge in [-0.1, -0.05) is 24.1 Å².